The fourth-order valence-electron chi connectivity index (χ4n) is 2.52. The molecule has 0 amide bonds. The maximum atomic E-state index is 6.64. The minimum atomic E-state index is -1.89. The molecule has 1 heterocycles. The molecule has 0 unspecified atom stereocenters. The Labute approximate surface area is 202 Å². The van der Waals surface area contributed by atoms with Gasteiger partial charge in [-0.1, -0.05) is 80.5 Å². The van der Waals surface area contributed by atoms with Crippen molar-refractivity contribution in [3.8, 4) is 11.5 Å². The van der Waals surface area contributed by atoms with Crippen LogP contribution in [0.15, 0.2) is 34.9 Å². The first-order valence-electron chi connectivity index (χ1n) is 11.3. The summed E-state index contributed by atoms with van der Waals surface area (Å²) in [5, 5.41) is 0.160. The quantitative estimate of drug-likeness (QED) is 0.141. The van der Waals surface area contributed by atoms with E-state index in [0.717, 1.165) is 17.3 Å². The van der Waals surface area contributed by atoms with Gasteiger partial charge in [-0.2, -0.15) is 0 Å². The Morgan fingerprint density at radius 1 is 1.23 bits per heavy atom. The van der Waals surface area contributed by atoms with Gasteiger partial charge in [-0.05, 0) is 50.6 Å². The largest absolute Gasteiger partial charge is 0.403 e. The highest BCUT2D eigenvalue weighted by Crippen LogP contribution is 2.37. The zero-order chi connectivity index (χ0) is 23.9. The highest BCUT2D eigenvalue weighted by molar-refractivity contribution is 9.11. The summed E-state index contributed by atoms with van der Waals surface area (Å²) in [6.07, 6.45) is 11.8. The van der Waals surface area contributed by atoms with Crippen LogP contribution in [0.1, 0.15) is 47.5 Å². The Morgan fingerprint density at radius 2 is 1.87 bits per heavy atom. The van der Waals surface area contributed by atoms with Crippen LogP contribution in [0.25, 0.3) is 0 Å². The highest BCUT2D eigenvalue weighted by Gasteiger charge is 2.38. The van der Waals surface area contributed by atoms with Crippen LogP contribution in [-0.4, -0.2) is 41.0 Å². The van der Waals surface area contributed by atoms with E-state index in [1.54, 1.807) is 0 Å². The molecule has 0 fully saturated rings. The zero-order valence-electron chi connectivity index (χ0n) is 21.2. The third-order valence-electron chi connectivity index (χ3n) is 5.23. The van der Waals surface area contributed by atoms with Gasteiger partial charge in [0.25, 0.3) is 0 Å². The highest BCUT2D eigenvalue weighted by atomic mass is 79.9. The van der Waals surface area contributed by atoms with E-state index in [0.29, 0.717) is 0 Å². The molecular formula is C25H43BrO3Si2. The van der Waals surface area contributed by atoms with E-state index < -0.39 is 16.4 Å². The van der Waals surface area contributed by atoms with Crippen LogP contribution in [0.3, 0.4) is 0 Å². The van der Waals surface area contributed by atoms with Crippen LogP contribution in [-0.2, 0) is 13.9 Å². The standard InChI is InChI=1S/C25H43BrO3Si2/c1-20(2)27-24-13-11-12-22(28-24)16-14-21(26)15-17-23(18-19-30(6,7)8)29-31(9,10)25(3,4)5/h11,13-16,20,22-24H,12,17H2,1-10H3/b16-14+,21-15-/t22-,23-,24-/m1/s1. The van der Waals surface area contributed by atoms with E-state index in [1.807, 2.05) is 19.9 Å². The number of ether oxygens (including phenoxy) is 2. The van der Waals surface area contributed by atoms with Crippen LogP contribution >= 0.6 is 15.9 Å². The fraction of sp³-hybridized carbons (Fsp3) is 0.680. The van der Waals surface area contributed by atoms with Gasteiger partial charge in [0, 0.05) is 10.9 Å². The number of allylic oxidation sites excluding steroid dienone is 2. The SMILES string of the molecule is CC(C)O[C@H]1C=CC[C@H](/C=C/C(Br)=C/C[C@H](C#C[Si](C)(C)C)O[Si](C)(C)C(C)(C)C)O1. The summed E-state index contributed by atoms with van der Waals surface area (Å²) >= 11 is 3.68. The van der Waals surface area contributed by atoms with E-state index in [1.165, 1.54) is 0 Å². The van der Waals surface area contributed by atoms with Gasteiger partial charge in [0.2, 0.25) is 0 Å². The topological polar surface area (TPSA) is 27.7 Å². The summed E-state index contributed by atoms with van der Waals surface area (Å²) in [7, 11) is -3.35. The first-order chi connectivity index (χ1) is 14.1. The number of hydrogen-bond acceptors (Lipinski definition) is 3. The van der Waals surface area contributed by atoms with Crippen molar-refractivity contribution >= 4 is 32.3 Å². The lowest BCUT2D eigenvalue weighted by molar-refractivity contribution is -0.154. The third kappa shape index (κ3) is 11.8. The maximum absolute atomic E-state index is 6.64. The molecule has 0 aromatic heterocycles. The Kier molecular flexibility index (Phi) is 11.2. The minimum absolute atomic E-state index is 0.0145. The molecule has 1 aliphatic rings. The van der Waals surface area contributed by atoms with E-state index in [-0.39, 0.29) is 29.6 Å². The average Bonchev–Trinajstić information content (AvgIpc) is 2.60. The Bertz CT molecular complexity index is 716. The van der Waals surface area contributed by atoms with Crippen LogP contribution < -0.4 is 0 Å². The molecule has 0 N–H and O–H groups in total. The van der Waals surface area contributed by atoms with Crippen LogP contribution in [0.2, 0.25) is 37.8 Å². The van der Waals surface area contributed by atoms with Gasteiger partial charge < -0.3 is 13.9 Å². The lowest BCUT2D eigenvalue weighted by Gasteiger charge is -2.38. The Balaban J connectivity index is 2.83. The van der Waals surface area contributed by atoms with Crippen molar-refractivity contribution in [2.45, 2.75) is 110 Å². The summed E-state index contributed by atoms with van der Waals surface area (Å²) in [4.78, 5) is 0. The normalized spacial score (nSPS) is 22.0. The van der Waals surface area contributed by atoms with Crippen LogP contribution in [0.5, 0.6) is 0 Å². The van der Waals surface area contributed by atoms with Crippen molar-refractivity contribution in [3.63, 3.8) is 0 Å². The third-order valence-corrected chi connectivity index (χ3v) is 11.2. The molecular weight excluding hydrogens is 484 g/mol. The van der Waals surface area contributed by atoms with Crippen molar-refractivity contribution in [1.29, 1.82) is 0 Å². The molecule has 1 aliphatic heterocycles. The van der Waals surface area contributed by atoms with Gasteiger partial charge >= 0.3 is 0 Å². The number of halogens is 1. The molecule has 31 heavy (non-hydrogen) atoms. The van der Waals surface area contributed by atoms with Crippen molar-refractivity contribution in [1.82, 2.24) is 0 Å². The summed E-state index contributed by atoms with van der Waals surface area (Å²) in [6.45, 7) is 22.2. The number of rotatable bonds is 8. The molecule has 3 atom stereocenters. The molecule has 0 saturated carbocycles. The average molecular weight is 528 g/mol. The second kappa shape index (κ2) is 12.2. The molecule has 176 valence electrons. The van der Waals surface area contributed by atoms with Gasteiger partial charge in [-0.3, -0.25) is 0 Å². The molecule has 0 radical (unpaired) electrons. The molecule has 0 aromatic carbocycles. The lowest BCUT2D eigenvalue weighted by atomic mass is 10.1. The molecule has 0 aliphatic carbocycles. The van der Waals surface area contributed by atoms with Gasteiger partial charge in [-0.25, -0.2) is 0 Å². The monoisotopic (exact) mass is 526 g/mol. The number of hydrogen-bond donors (Lipinski definition) is 0. The Morgan fingerprint density at radius 3 is 2.42 bits per heavy atom. The van der Waals surface area contributed by atoms with Gasteiger partial charge in [0.15, 0.2) is 14.6 Å². The van der Waals surface area contributed by atoms with Crippen LogP contribution in [0, 0.1) is 11.5 Å². The molecule has 6 heteroatoms. The van der Waals surface area contributed by atoms with E-state index in [2.05, 4.69) is 105 Å². The molecule has 3 nitrogen and oxygen atoms in total. The van der Waals surface area contributed by atoms with Crippen molar-refractivity contribution in [2.75, 3.05) is 0 Å². The lowest BCUT2D eigenvalue weighted by Crippen LogP contribution is -2.43. The predicted molar refractivity (Wildman–Crippen MR) is 143 cm³/mol. The van der Waals surface area contributed by atoms with Crippen molar-refractivity contribution in [3.05, 3.63) is 34.9 Å². The fourth-order valence-corrected chi connectivity index (χ4v) is 4.67. The second-order valence-corrected chi connectivity index (χ2v) is 21.4. The van der Waals surface area contributed by atoms with E-state index >= 15 is 0 Å². The molecule has 0 bridgehead atoms. The maximum Gasteiger partial charge on any atom is 0.193 e. The van der Waals surface area contributed by atoms with E-state index in [9.17, 15) is 0 Å². The van der Waals surface area contributed by atoms with Crippen LogP contribution in [0.4, 0.5) is 0 Å². The molecule has 0 aromatic rings. The molecule has 1 rings (SSSR count). The van der Waals surface area contributed by atoms with E-state index in [4.69, 9.17) is 13.9 Å². The Hall–Kier alpha value is -0.426. The van der Waals surface area contributed by atoms with Gasteiger partial charge in [0.05, 0.1) is 12.2 Å². The summed E-state index contributed by atoms with van der Waals surface area (Å²) < 4.78 is 19.4. The second-order valence-electron chi connectivity index (χ2n) is 11.0. The zero-order valence-corrected chi connectivity index (χ0v) is 24.8. The summed E-state index contributed by atoms with van der Waals surface area (Å²) in [6, 6.07) is 0. The molecule has 0 saturated heterocycles. The minimum Gasteiger partial charge on any atom is -0.403 e. The smallest absolute Gasteiger partial charge is 0.193 e. The summed E-state index contributed by atoms with van der Waals surface area (Å²) in [5.41, 5.74) is 3.51. The van der Waals surface area contributed by atoms with Crippen molar-refractivity contribution in [2.24, 2.45) is 0 Å². The molecule has 0 spiro atoms. The summed E-state index contributed by atoms with van der Waals surface area (Å²) in [5.74, 6) is 3.46. The van der Waals surface area contributed by atoms with Gasteiger partial charge in [0.1, 0.15) is 14.2 Å². The van der Waals surface area contributed by atoms with Crippen molar-refractivity contribution < 1.29 is 13.9 Å². The first-order valence-corrected chi connectivity index (χ1v) is 18.5. The van der Waals surface area contributed by atoms with Gasteiger partial charge in [-0.15, -0.1) is 5.54 Å². The predicted octanol–water partition coefficient (Wildman–Crippen LogP) is 7.58. The first kappa shape index (κ1) is 28.6.